The lowest BCUT2D eigenvalue weighted by molar-refractivity contribution is 0.00542. The first-order valence-corrected chi connectivity index (χ1v) is 5.74. The van der Waals surface area contributed by atoms with E-state index in [0.29, 0.717) is 17.9 Å². The first-order chi connectivity index (χ1) is 7.96. The summed E-state index contributed by atoms with van der Waals surface area (Å²) in [6.45, 7) is 6.09. The van der Waals surface area contributed by atoms with Crippen LogP contribution in [0.3, 0.4) is 0 Å². The topological polar surface area (TPSA) is 35.5 Å². The van der Waals surface area contributed by atoms with Gasteiger partial charge in [-0.15, -0.1) is 0 Å². The lowest BCUT2D eigenvalue weighted by Gasteiger charge is -2.22. The molecule has 0 bridgehead atoms. The summed E-state index contributed by atoms with van der Waals surface area (Å²) in [5, 5.41) is 0. The first kappa shape index (κ1) is 13.7. The van der Waals surface area contributed by atoms with Crippen molar-refractivity contribution < 1.29 is 14.3 Å². The van der Waals surface area contributed by atoms with Gasteiger partial charge in [0, 0.05) is 13.5 Å². The number of carbonyl (C=O) groups excluding carboxylic acids is 1. The van der Waals surface area contributed by atoms with E-state index in [4.69, 9.17) is 9.47 Å². The van der Waals surface area contributed by atoms with Gasteiger partial charge >= 0.3 is 0 Å². The minimum Gasteiger partial charge on any atom is -0.493 e. The van der Waals surface area contributed by atoms with Gasteiger partial charge in [0.05, 0.1) is 17.8 Å². The average molecular weight is 236 g/mol. The van der Waals surface area contributed by atoms with E-state index in [0.717, 1.165) is 6.42 Å². The van der Waals surface area contributed by atoms with Crippen molar-refractivity contribution in [1.29, 1.82) is 0 Å². The lowest BCUT2D eigenvalue weighted by Crippen LogP contribution is -2.25. The van der Waals surface area contributed by atoms with Gasteiger partial charge in [-0.05, 0) is 32.9 Å². The highest BCUT2D eigenvalue weighted by molar-refractivity contribution is 5.96. The van der Waals surface area contributed by atoms with Crippen LogP contribution in [-0.2, 0) is 4.74 Å². The zero-order chi connectivity index (χ0) is 12.9. The molecule has 1 rings (SSSR count). The van der Waals surface area contributed by atoms with Crippen LogP contribution in [0.5, 0.6) is 5.75 Å². The largest absolute Gasteiger partial charge is 0.493 e. The molecule has 1 aromatic carbocycles. The number of para-hydroxylation sites is 1. The number of ether oxygens (including phenoxy) is 2. The molecule has 94 valence electrons. The van der Waals surface area contributed by atoms with Gasteiger partial charge < -0.3 is 9.47 Å². The van der Waals surface area contributed by atoms with E-state index in [2.05, 4.69) is 0 Å². The second-order valence-electron chi connectivity index (χ2n) is 4.61. The van der Waals surface area contributed by atoms with E-state index in [1.54, 1.807) is 20.1 Å². The zero-order valence-electron chi connectivity index (χ0n) is 10.9. The molecule has 0 atom stereocenters. The first-order valence-electron chi connectivity index (χ1n) is 5.74. The summed E-state index contributed by atoms with van der Waals surface area (Å²) in [6.07, 6.45) is 0.774. The molecule has 3 nitrogen and oxygen atoms in total. The van der Waals surface area contributed by atoms with Gasteiger partial charge in [-0.2, -0.15) is 0 Å². The molecule has 0 amide bonds. The van der Waals surface area contributed by atoms with Crippen LogP contribution in [0.25, 0.3) is 0 Å². The Morgan fingerprint density at radius 3 is 2.53 bits per heavy atom. The number of ketones is 1. The van der Waals surface area contributed by atoms with Gasteiger partial charge in [0.25, 0.3) is 0 Å². The van der Waals surface area contributed by atoms with E-state index in [-0.39, 0.29) is 11.4 Å². The number of Topliss-reactive ketones (excluding diaryl/α,β-unsaturated/α-hetero) is 1. The number of carbonyl (C=O) groups is 1. The fraction of sp³-hybridized carbons (Fsp3) is 0.500. The molecule has 0 saturated heterocycles. The average Bonchev–Trinajstić information content (AvgIpc) is 2.29. The van der Waals surface area contributed by atoms with Crippen molar-refractivity contribution in [2.45, 2.75) is 32.8 Å². The summed E-state index contributed by atoms with van der Waals surface area (Å²) in [7, 11) is 1.68. The van der Waals surface area contributed by atoms with Crippen molar-refractivity contribution in [2.75, 3.05) is 13.7 Å². The molecular formula is C14H20O3. The number of hydrogen-bond donors (Lipinski definition) is 0. The third kappa shape index (κ3) is 4.19. The minimum absolute atomic E-state index is 0.0200. The Balaban J connectivity index is 2.61. The van der Waals surface area contributed by atoms with E-state index >= 15 is 0 Å². The van der Waals surface area contributed by atoms with Gasteiger partial charge in [-0.25, -0.2) is 0 Å². The molecule has 0 spiro atoms. The number of benzene rings is 1. The maximum atomic E-state index is 11.4. The highest BCUT2D eigenvalue weighted by atomic mass is 16.5. The maximum absolute atomic E-state index is 11.4. The van der Waals surface area contributed by atoms with Gasteiger partial charge in [0.15, 0.2) is 5.78 Å². The fourth-order valence-corrected chi connectivity index (χ4v) is 1.39. The molecule has 3 heteroatoms. The number of rotatable bonds is 6. The summed E-state index contributed by atoms with van der Waals surface area (Å²) >= 11 is 0. The van der Waals surface area contributed by atoms with Crippen LogP contribution < -0.4 is 4.74 Å². The third-order valence-electron chi connectivity index (χ3n) is 2.78. The van der Waals surface area contributed by atoms with Crippen LogP contribution in [0.4, 0.5) is 0 Å². The van der Waals surface area contributed by atoms with E-state index in [1.165, 1.54) is 0 Å². The summed E-state index contributed by atoms with van der Waals surface area (Å²) in [5.41, 5.74) is 0.424. The second kappa shape index (κ2) is 5.82. The van der Waals surface area contributed by atoms with Crippen LogP contribution in [0.2, 0.25) is 0 Å². The predicted octanol–water partition coefficient (Wildman–Crippen LogP) is 3.08. The van der Waals surface area contributed by atoms with Crippen molar-refractivity contribution in [2.24, 2.45) is 0 Å². The highest BCUT2D eigenvalue weighted by Crippen LogP contribution is 2.20. The Morgan fingerprint density at radius 1 is 1.29 bits per heavy atom. The van der Waals surface area contributed by atoms with Crippen molar-refractivity contribution in [3.63, 3.8) is 0 Å². The van der Waals surface area contributed by atoms with Crippen molar-refractivity contribution in [3.8, 4) is 5.75 Å². The summed E-state index contributed by atoms with van der Waals surface area (Å²) in [4.78, 5) is 11.4. The van der Waals surface area contributed by atoms with Gasteiger partial charge in [0.2, 0.25) is 0 Å². The van der Waals surface area contributed by atoms with Gasteiger partial charge in [0.1, 0.15) is 5.75 Å². The Kier molecular flexibility index (Phi) is 4.70. The van der Waals surface area contributed by atoms with Crippen LogP contribution in [0, 0.1) is 0 Å². The molecule has 0 heterocycles. The third-order valence-corrected chi connectivity index (χ3v) is 2.78. The molecule has 0 saturated carbocycles. The van der Waals surface area contributed by atoms with Crippen molar-refractivity contribution in [3.05, 3.63) is 29.8 Å². The Labute approximate surface area is 103 Å². The van der Waals surface area contributed by atoms with E-state index in [9.17, 15) is 4.79 Å². The number of methoxy groups -OCH3 is 1. The number of hydrogen-bond acceptors (Lipinski definition) is 3. The Bertz CT molecular complexity index is 383. The van der Waals surface area contributed by atoms with Crippen LogP contribution >= 0.6 is 0 Å². The lowest BCUT2D eigenvalue weighted by atomic mass is 10.1. The van der Waals surface area contributed by atoms with E-state index < -0.39 is 0 Å². The molecule has 0 radical (unpaired) electrons. The van der Waals surface area contributed by atoms with E-state index in [1.807, 2.05) is 32.0 Å². The molecule has 0 N–H and O–H groups in total. The van der Waals surface area contributed by atoms with Crippen molar-refractivity contribution >= 4 is 5.78 Å². The van der Waals surface area contributed by atoms with Crippen LogP contribution in [0.1, 0.15) is 37.6 Å². The smallest absolute Gasteiger partial charge is 0.163 e. The molecule has 17 heavy (non-hydrogen) atoms. The van der Waals surface area contributed by atoms with Gasteiger partial charge in [-0.1, -0.05) is 12.1 Å². The monoisotopic (exact) mass is 236 g/mol. The van der Waals surface area contributed by atoms with Crippen molar-refractivity contribution in [1.82, 2.24) is 0 Å². The molecule has 1 aromatic rings. The summed E-state index contributed by atoms with van der Waals surface area (Å²) < 4.78 is 10.9. The second-order valence-corrected chi connectivity index (χ2v) is 4.61. The standard InChI is InChI=1S/C14H20O3/c1-11(15)12-7-5-6-8-13(12)17-10-9-14(2,3)16-4/h5-8H,9-10H2,1-4H3. The molecule has 0 aromatic heterocycles. The quantitative estimate of drug-likeness (QED) is 0.712. The summed E-state index contributed by atoms with van der Waals surface area (Å²) in [5.74, 6) is 0.665. The van der Waals surface area contributed by atoms with Gasteiger partial charge in [-0.3, -0.25) is 4.79 Å². The molecule has 0 unspecified atom stereocenters. The summed E-state index contributed by atoms with van der Waals surface area (Å²) in [6, 6.07) is 7.29. The molecule has 0 aliphatic rings. The minimum atomic E-state index is -0.203. The predicted molar refractivity (Wildman–Crippen MR) is 67.6 cm³/mol. The van der Waals surface area contributed by atoms with Crippen LogP contribution in [-0.4, -0.2) is 25.1 Å². The normalized spacial score (nSPS) is 11.3. The maximum Gasteiger partial charge on any atom is 0.163 e. The molecular weight excluding hydrogens is 216 g/mol. The highest BCUT2D eigenvalue weighted by Gasteiger charge is 2.16. The zero-order valence-corrected chi connectivity index (χ0v) is 10.9. The fourth-order valence-electron chi connectivity index (χ4n) is 1.39. The SMILES string of the molecule is COC(C)(C)CCOc1ccccc1C(C)=O. The van der Waals surface area contributed by atoms with Crippen LogP contribution in [0.15, 0.2) is 24.3 Å². The Morgan fingerprint density at radius 2 is 1.94 bits per heavy atom. The molecule has 0 fully saturated rings. The molecule has 0 aliphatic heterocycles. The Hall–Kier alpha value is -1.35. The molecule has 0 aliphatic carbocycles.